The van der Waals surface area contributed by atoms with Gasteiger partial charge in [-0.1, -0.05) is 12.1 Å². The Kier molecular flexibility index (Phi) is 6.23. The van der Waals surface area contributed by atoms with Crippen LogP contribution >= 0.6 is 0 Å². The summed E-state index contributed by atoms with van der Waals surface area (Å²) in [5, 5.41) is 7.87. The lowest BCUT2D eigenvalue weighted by molar-refractivity contribution is -0.116. The molecule has 0 aliphatic heterocycles. The van der Waals surface area contributed by atoms with Crippen LogP contribution in [0, 0.1) is 6.92 Å². The number of nitrogens with one attached hydrogen (secondary N) is 1. The highest BCUT2D eigenvalue weighted by atomic mass is 32.2. The van der Waals surface area contributed by atoms with Crippen LogP contribution in [-0.2, 0) is 21.2 Å². The van der Waals surface area contributed by atoms with Gasteiger partial charge in [0.1, 0.15) is 0 Å². The Morgan fingerprint density at radius 3 is 2.38 bits per heavy atom. The van der Waals surface area contributed by atoms with Crippen LogP contribution in [0.2, 0.25) is 0 Å². The minimum atomic E-state index is -3.84. The zero-order valence-corrected chi connectivity index (χ0v) is 15.7. The van der Waals surface area contributed by atoms with Gasteiger partial charge < -0.3 is 14.8 Å². The minimum absolute atomic E-state index is 0.00445. The average Bonchev–Trinajstić information content (AvgIpc) is 2.60. The zero-order valence-electron chi connectivity index (χ0n) is 14.9. The molecule has 1 amide bonds. The van der Waals surface area contributed by atoms with Gasteiger partial charge in [-0.05, 0) is 48.7 Å². The third-order valence-electron chi connectivity index (χ3n) is 3.87. The first kappa shape index (κ1) is 19.7. The summed E-state index contributed by atoms with van der Waals surface area (Å²) < 4.78 is 33.5. The molecule has 0 aliphatic rings. The predicted molar refractivity (Wildman–Crippen MR) is 99.0 cm³/mol. The Morgan fingerprint density at radius 2 is 1.77 bits per heavy atom. The van der Waals surface area contributed by atoms with Crippen molar-refractivity contribution in [3.8, 4) is 11.5 Å². The topological polar surface area (TPSA) is 108 Å². The molecule has 0 radical (unpaired) electrons. The SMILES string of the molecule is COc1ccc(CCC(=O)Nc2ccc(C)c(S(N)(=O)=O)c2)cc1OC. The molecule has 0 aliphatic carbocycles. The molecule has 2 aromatic rings. The van der Waals surface area contributed by atoms with E-state index in [1.54, 1.807) is 39.3 Å². The number of benzene rings is 2. The second kappa shape index (κ2) is 8.20. The lowest BCUT2D eigenvalue weighted by atomic mass is 10.1. The highest BCUT2D eigenvalue weighted by Gasteiger charge is 2.13. The van der Waals surface area contributed by atoms with Crippen LogP contribution in [0.4, 0.5) is 5.69 Å². The van der Waals surface area contributed by atoms with Crippen molar-refractivity contribution in [2.24, 2.45) is 5.14 Å². The van der Waals surface area contributed by atoms with Crippen LogP contribution in [0.3, 0.4) is 0 Å². The highest BCUT2D eigenvalue weighted by molar-refractivity contribution is 7.89. The number of hydrogen-bond donors (Lipinski definition) is 2. The average molecular weight is 378 g/mol. The predicted octanol–water partition coefficient (Wildman–Crippen LogP) is 2.23. The monoisotopic (exact) mass is 378 g/mol. The molecule has 0 saturated carbocycles. The maximum atomic E-state index is 12.2. The zero-order chi connectivity index (χ0) is 19.3. The molecule has 3 N–H and O–H groups in total. The molecular weight excluding hydrogens is 356 g/mol. The number of hydrogen-bond acceptors (Lipinski definition) is 5. The van der Waals surface area contributed by atoms with E-state index in [-0.39, 0.29) is 17.2 Å². The molecule has 0 fully saturated rings. The van der Waals surface area contributed by atoms with Gasteiger partial charge in [0.25, 0.3) is 0 Å². The van der Waals surface area contributed by atoms with E-state index in [1.807, 2.05) is 12.1 Å². The standard InChI is InChI=1S/C18H22N2O5S/c1-12-4-7-14(11-17(12)26(19,22)23)20-18(21)9-6-13-5-8-15(24-2)16(10-13)25-3/h4-5,7-8,10-11H,6,9H2,1-3H3,(H,20,21)(H2,19,22,23). The number of nitrogens with two attached hydrogens (primary N) is 1. The van der Waals surface area contributed by atoms with E-state index in [0.29, 0.717) is 29.2 Å². The molecule has 0 unspecified atom stereocenters. The Bertz CT molecular complexity index is 910. The molecule has 2 rings (SSSR count). The molecule has 26 heavy (non-hydrogen) atoms. The summed E-state index contributed by atoms with van der Waals surface area (Å²) in [4.78, 5) is 12.2. The number of carbonyl (C=O) groups is 1. The van der Waals surface area contributed by atoms with Crippen LogP contribution in [0.15, 0.2) is 41.3 Å². The van der Waals surface area contributed by atoms with Gasteiger partial charge in [-0.25, -0.2) is 13.6 Å². The first-order chi connectivity index (χ1) is 12.2. The molecule has 0 aromatic heterocycles. The summed E-state index contributed by atoms with van der Waals surface area (Å²) in [5.74, 6) is 0.988. The van der Waals surface area contributed by atoms with Crippen molar-refractivity contribution < 1.29 is 22.7 Å². The molecule has 0 bridgehead atoms. The smallest absolute Gasteiger partial charge is 0.238 e. The number of rotatable bonds is 7. The summed E-state index contributed by atoms with van der Waals surface area (Å²) in [6, 6.07) is 10.1. The highest BCUT2D eigenvalue weighted by Crippen LogP contribution is 2.28. The fourth-order valence-electron chi connectivity index (χ4n) is 2.50. The molecule has 140 valence electrons. The fraction of sp³-hybridized carbons (Fsp3) is 0.278. The maximum Gasteiger partial charge on any atom is 0.238 e. The number of sulfonamides is 1. The Hall–Kier alpha value is -2.58. The van der Waals surface area contributed by atoms with Crippen molar-refractivity contribution in [3.63, 3.8) is 0 Å². The molecule has 0 atom stereocenters. The van der Waals surface area contributed by atoms with Gasteiger partial charge in [-0.3, -0.25) is 4.79 Å². The summed E-state index contributed by atoms with van der Waals surface area (Å²) in [7, 11) is -0.730. The van der Waals surface area contributed by atoms with Gasteiger partial charge in [0.2, 0.25) is 15.9 Å². The number of amides is 1. The third-order valence-corrected chi connectivity index (χ3v) is 4.92. The van der Waals surface area contributed by atoms with Gasteiger partial charge in [-0.15, -0.1) is 0 Å². The van der Waals surface area contributed by atoms with Gasteiger partial charge in [-0.2, -0.15) is 0 Å². The molecule has 2 aromatic carbocycles. The van der Waals surface area contributed by atoms with Crippen molar-refractivity contribution in [1.29, 1.82) is 0 Å². The molecule has 8 heteroatoms. The molecule has 0 spiro atoms. The summed E-state index contributed by atoms with van der Waals surface area (Å²) in [6.45, 7) is 1.64. The van der Waals surface area contributed by atoms with E-state index in [1.165, 1.54) is 6.07 Å². The summed E-state index contributed by atoms with van der Waals surface area (Å²) in [5.41, 5.74) is 1.83. The van der Waals surface area contributed by atoms with Crippen molar-refractivity contribution in [2.45, 2.75) is 24.7 Å². The van der Waals surface area contributed by atoms with Crippen molar-refractivity contribution in [2.75, 3.05) is 19.5 Å². The molecule has 7 nitrogen and oxygen atoms in total. The normalized spacial score (nSPS) is 11.1. The van der Waals surface area contributed by atoms with Gasteiger partial charge in [0, 0.05) is 12.1 Å². The maximum absolute atomic E-state index is 12.2. The Labute approximate surface area is 153 Å². The number of anilines is 1. The Morgan fingerprint density at radius 1 is 1.08 bits per heavy atom. The Balaban J connectivity index is 2.04. The number of primary sulfonamides is 1. The van der Waals surface area contributed by atoms with Crippen LogP contribution < -0.4 is 19.9 Å². The van der Waals surface area contributed by atoms with E-state index in [4.69, 9.17) is 14.6 Å². The van der Waals surface area contributed by atoms with Crippen LogP contribution in [0.5, 0.6) is 11.5 Å². The summed E-state index contributed by atoms with van der Waals surface area (Å²) >= 11 is 0. The molecule has 0 saturated heterocycles. The largest absolute Gasteiger partial charge is 0.493 e. The second-order valence-electron chi connectivity index (χ2n) is 5.76. The van der Waals surface area contributed by atoms with E-state index in [0.717, 1.165) is 5.56 Å². The fourth-order valence-corrected chi connectivity index (χ4v) is 3.31. The van der Waals surface area contributed by atoms with E-state index in [2.05, 4.69) is 5.32 Å². The molecule has 0 heterocycles. The third kappa shape index (κ3) is 4.96. The van der Waals surface area contributed by atoms with Gasteiger partial charge >= 0.3 is 0 Å². The number of carbonyl (C=O) groups excluding carboxylic acids is 1. The van der Waals surface area contributed by atoms with E-state index < -0.39 is 10.0 Å². The first-order valence-corrected chi connectivity index (χ1v) is 9.43. The van der Waals surface area contributed by atoms with Gasteiger partial charge in [0.05, 0.1) is 19.1 Å². The van der Waals surface area contributed by atoms with Crippen LogP contribution in [-0.4, -0.2) is 28.5 Å². The first-order valence-electron chi connectivity index (χ1n) is 7.89. The van der Waals surface area contributed by atoms with Crippen LogP contribution in [0.1, 0.15) is 17.5 Å². The van der Waals surface area contributed by atoms with Gasteiger partial charge in [0.15, 0.2) is 11.5 Å². The van der Waals surface area contributed by atoms with Crippen LogP contribution in [0.25, 0.3) is 0 Å². The second-order valence-corrected chi connectivity index (χ2v) is 7.29. The van der Waals surface area contributed by atoms with Crippen molar-refractivity contribution >= 4 is 21.6 Å². The lowest BCUT2D eigenvalue weighted by Gasteiger charge is -2.10. The number of ether oxygens (including phenoxy) is 2. The quantitative estimate of drug-likeness (QED) is 0.768. The van der Waals surface area contributed by atoms with E-state index >= 15 is 0 Å². The minimum Gasteiger partial charge on any atom is -0.493 e. The molecular formula is C18H22N2O5S. The van der Waals surface area contributed by atoms with Crippen molar-refractivity contribution in [1.82, 2.24) is 0 Å². The number of aryl methyl sites for hydroxylation is 2. The van der Waals surface area contributed by atoms with Crippen molar-refractivity contribution in [3.05, 3.63) is 47.5 Å². The lowest BCUT2D eigenvalue weighted by Crippen LogP contribution is -2.16. The van der Waals surface area contributed by atoms with E-state index in [9.17, 15) is 13.2 Å². The summed E-state index contributed by atoms with van der Waals surface area (Å²) in [6.07, 6.45) is 0.730. The number of methoxy groups -OCH3 is 2.